The second-order valence-corrected chi connectivity index (χ2v) is 14.7. The quantitative estimate of drug-likeness (QED) is 0.0295. The van der Waals surface area contributed by atoms with Crippen molar-refractivity contribution in [2.45, 2.75) is 219 Å². The molecule has 0 spiro atoms. The molecule has 0 radical (unpaired) electrons. The van der Waals surface area contributed by atoms with Crippen LogP contribution >= 0.6 is 12.4 Å². The molecule has 0 aromatic rings. The summed E-state index contributed by atoms with van der Waals surface area (Å²) in [6.45, 7) is 8.98. The van der Waals surface area contributed by atoms with Crippen LogP contribution < -0.4 is 23.9 Å². The summed E-state index contributed by atoms with van der Waals surface area (Å²) in [5.41, 5.74) is 11.2. The molecular formula is C40H86Cl2N4. The van der Waals surface area contributed by atoms with Crippen molar-refractivity contribution in [2.24, 2.45) is 16.5 Å². The van der Waals surface area contributed by atoms with Crippen molar-refractivity contribution in [3.05, 3.63) is 0 Å². The number of rotatable bonds is 37. The highest BCUT2D eigenvalue weighted by atomic mass is 35.5. The number of aliphatic imine (C=N–C) groups is 1. The first-order valence-electron chi connectivity index (χ1n) is 20.4. The van der Waals surface area contributed by atoms with Crippen LogP contribution in [-0.4, -0.2) is 43.7 Å². The lowest BCUT2D eigenvalue weighted by Gasteiger charge is -2.34. The van der Waals surface area contributed by atoms with Crippen LogP contribution in [0.3, 0.4) is 0 Å². The summed E-state index contributed by atoms with van der Waals surface area (Å²) < 4.78 is 1.13. The van der Waals surface area contributed by atoms with Gasteiger partial charge in [0.2, 0.25) is 0 Å². The van der Waals surface area contributed by atoms with Crippen molar-refractivity contribution in [3.63, 3.8) is 0 Å². The smallest absolute Gasteiger partial charge is 0.186 e. The number of guanidine groups is 1. The zero-order valence-electron chi connectivity index (χ0n) is 31.8. The van der Waals surface area contributed by atoms with Crippen molar-refractivity contribution in [1.82, 2.24) is 0 Å². The van der Waals surface area contributed by atoms with Crippen molar-refractivity contribution in [2.75, 3.05) is 33.2 Å². The van der Waals surface area contributed by atoms with Gasteiger partial charge < -0.3 is 28.4 Å². The molecule has 0 rings (SSSR count). The molecule has 0 bridgehead atoms. The van der Waals surface area contributed by atoms with Gasteiger partial charge >= 0.3 is 0 Å². The molecule has 0 fully saturated rings. The van der Waals surface area contributed by atoms with Crippen molar-refractivity contribution >= 4 is 18.4 Å². The summed E-state index contributed by atoms with van der Waals surface area (Å²) >= 11 is 0. The fraction of sp³-hybridized carbons (Fsp3) is 0.975. The first-order chi connectivity index (χ1) is 21.5. The number of likely N-dealkylation sites (N-methyl/N-ethyl adjacent to an activating group) is 1. The third-order valence-corrected chi connectivity index (χ3v) is 10.0. The Bertz CT molecular complexity index is 548. The number of quaternary nitrogens is 1. The minimum absolute atomic E-state index is 0. The average molecular weight is 694 g/mol. The molecule has 0 saturated heterocycles. The molecule has 0 amide bonds. The van der Waals surface area contributed by atoms with E-state index in [-0.39, 0.29) is 30.8 Å². The molecule has 0 aliphatic carbocycles. The van der Waals surface area contributed by atoms with E-state index in [2.05, 4.69) is 25.9 Å². The predicted octanol–water partition coefficient (Wildman–Crippen LogP) is 9.66. The van der Waals surface area contributed by atoms with Gasteiger partial charge in [-0.15, -0.1) is 12.4 Å². The van der Waals surface area contributed by atoms with E-state index in [4.69, 9.17) is 11.5 Å². The highest BCUT2D eigenvalue weighted by Gasteiger charge is 2.20. The lowest BCUT2D eigenvalue weighted by molar-refractivity contribution is -0.908. The number of unbranched alkanes of at least 4 members (excludes halogenated alkanes) is 30. The highest BCUT2D eigenvalue weighted by Crippen LogP contribution is 2.17. The molecule has 4 nitrogen and oxygen atoms in total. The molecule has 0 aromatic heterocycles. The molecule has 0 saturated carbocycles. The lowest BCUT2D eigenvalue weighted by Crippen LogP contribution is -3.00. The fourth-order valence-corrected chi connectivity index (χ4v) is 6.84. The number of hydrogen-bond donors (Lipinski definition) is 2. The first-order valence-corrected chi connectivity index (χ1v) is 20.4. The fourth-order valence-electron chi connectivity index (χ4n) is 6.84. The maximum Gasteiger partial charge on any atom is 0.186 e. The molecule has 0 aliphatic heterocycles. The van der Waals surface area contributed by atoms with Crippen LogP contribution in [-0.2, 0) is 0 Å². The molecule has 0 heterocycles. The molecule has 4 N–H and O–H groups in total. The minimum atomic E-state index is 0. The molecule has 0 aromatic carbocycles. The van der Waals surface area contributed by atoms with Crippen molar-refractivity contribution in [3.8, 4) is 0 Å². The van der Waals surface area contributed by atoms with E-state index in [1.54, 1.807) is 0 Å². The Hall–Kier alpha value is -0.190. The summed E-state index contributed by atoms with van der Waals surface area (Å²) in [4.78, 5) is 4.32. The van der Waals surface area contributed by atoms with Crippen LogP contribution in [0.15, 0.2) is 4.99 Å². The van der Waals surface area contributed by atoms with E-state index in [1.807, 2.05) is 0 Å². The maximum atomic E-state index is 5.62. The third-order valence-electron chi connectivity index (χ3n) is 10.0. The SMILES string of the molecule is CCCCCCCCCCCCCCCCCC[N+](C)(CCCCCCCCCCCCCCCCCC)CCN=C(N)N.Cl.[Cl-]. The number of nitrogens with two attached hydrogens (primary N) is 2. The van der Waals surface area contributed by atoms with Gasteiger partial charge in [-0.3, -0.25) is 0 Å². The molecule has 6 heteroatoms. The summed E-state index contributed by atoms with van der Waals surface area (Å²) in [5, 5.41) is 0. The van der Waals surface area contributed by atoms with E-state index in [1.165, 1.54) is 219 Å². The van der Waals surface area contributed by atoms with Crippen LogP contribution in [0.25, 0.3) is 0 Å². The Kier molecular flexibility index (Phi) is 44.7. The van der Waals surface area contributed by atoms with Crippen LogP contribution in [0.5, 0.6) is 0 Å². The van der Waals surface area contributed by atoms with Crippen molar-refractivity contribution < 1.29 is 16.9 Å². The number of nitrogens with zero attached hydrogens (tertiary/aromatic N) is 2. The van der Waals surface area contributed by atoms with E-state index in [0.717, 1.165) is 17.6 Å². The largest absolute Gasteiger partial charge is 1.00 e. The average Bonchev–Trinajstić information content (AvgIpc) is 3.00. The standard InChI is InChI=1S/C40H85N4.2ClH/c1-4-6-8-10-12-14-16-18-20-22-24-26-28-30-32-34-37-44(3,39-36-43-40(41)42)38-35-33-31-29-27-25-23-21-19-17-15-13-11-9-7-5-2;;/h4-39H2,1-3H3,(H4,41,42,43);2*1H/q+1;;/p-1. The second kappa shape index (κ2) is 41.0. The first kappa shape index (κ1) is 50.2. The second-order valence-electron chi connectivity index (χ2n) is 14.7. The monoisotopic (exact) mass is 693 g/mol. The van der Waals surface area contributed by atoms with E-state index >= 15 is 0 Å². The van der Waals surface area contributed by atoms with Crippen LogP contribution in [0, 0.1) is 0 Å². The van der Waals surface area contributed by atoms with E-state index in [0.29, 0.717) is 0 Å². The Morgan fingerprint density at radius 2 is 0.609 bits per heavy atom. The molecule has 280 valence electrons. The van der Waals surface area contributed by atoms with Gasteiger partial charge in [-0.1, -0.05) is 194 Å². The molecule has 46 heavy (non-hydrogen) atoms. The Labute approximate surface area is 303 Å². The lowest BCUT2D eigenvalue weighted by atomic mass is 10.0. The van der Waals surface area contributed by atoms with Gasteiger partial charge in [0.05, 0.1) is 33.2 Å². The van der Waals surface area contributed by atoms with Gasteiger partial charge in [-0.25, -0.2) is 4.99 Å². The normalized spacial score (nSPS) is 11.3. The summed E-state index contributed by atoms with van der Waals surface area (Å²) in [7, 11) is 2.44. The third kappa shape index (κ3) is 40.0. The summed E-state index contributed by atoms with van der Waals surface area (Å²) in [5.74, 6) is 0.237. The Morgan fingerprint density at radius 3 is 0.826 bits per heavy atom. The predicted molar refractivity (Wildman–Crippen MR) is 208 cm³/mol. The Morgan fingerprint density at radius 1 is 0.391 bits per heavy atom. The van der Waals surface area contributed by atoms with Crippen molar-refractivity contribution in [1.29, 1.82) is 0 Å². The van der Waals surface area contributed by atoms with Gasteiger partial charge in [0.15, 0.2) is 5.96 Å². The number of halogens is 2. The molecule has 0 unspecified atom stereocenters. The molecule has 0 aliphatic rings. The molecular weight excluding hydrogens is 607 g/mol. The zero-order valence-corrected chi connectivity index (χ0v) is 33.4. The summed E-state index contributed by atoms with van der Waals surface area (Å²) in [6.07, 6.45) is 45.8. The van der Waals surface area contributed by atoms with Gasteiger partial charge in [0, 0.05) is 0 Å². The Balaban J connectivity index is -0.00000924. The minimum Gasteiger partial charge on any atom is -1.00 e. The zero-order chi connectivity index (χ0) is 32.2. The molecule has 0 atom stereocenters. The van der Waals surface area contributed by atoms with Crippen LogP contribution in [0.1, 0.15) is 219 Å². The topological polar surface area (TPSA) is 64.4 Å². The van der Waals surface area contributed by atoms with Crippen LogP contribution in [0.2, 0.25) is 0 Å². The van der Waals surface area contributed by atoms with Gasteiger partial charge in [-0.2, -0.15) is 0 Å². The summed E-state index contributed by atoms with van der Waals surface area (Å²) in [6, 6.07) is 0. The number of hydrogen-bond acceptors (Lipinski definition) is 1. The maximum absolute atomic E-state index is 5.62. The van der Waals surface area contributed by atoms with E-state index in [9.17, 15) is 0 Å². The van der Waals surface area contributed by atoms with Gasteiger partial charge in [0.1, 0.15) is 0 Å². The van der Waals surface area contributed by atoms with E-state index < -0.39 is 0 Å². The highest BCUT2D eigenvalue weighted by molar-refractivity contribution is 5.85. The van der Waals surface area contributed by atoms with Gasteiger partial charge in [-0.05, 0) is 25.7 Å². The van der Waals surface area contributed by atoms with Crippen LogP contribution in [0.4, 0.5) is 0 Å². The van der Waals surface area contributed by atoms with Gasteiger partial charge in [0.25, 0.3) is 0 Å².